The Morgan fingerprint density at radius 2 is 1.04 bits per heavy atom. The molecule has 0 aliphatic heterocycles. The lowest BCUT2D eigenvalue weighted by atomic mass is 9.64. The summed E-state index contributed by atoms with van der Waals surface area (Å²) >= 11 is 0. The van der Waals surface area contributed by atoms with Crippen LogP contribution in [0.5, 0.6) is 0 Å². The lowest BCUT2D eigenvalue weighted by Gasteiger charge is -2.45. The molecule has 0 aromatic heterocycles. The largest absolute Gasteiger partial charge is 0.365 e. The van der Waals surface area contributed by atoms with E-state index >= 15 is 0 Å². The number of hydrogen-bond acceptors (Lipinski definition) is 2. The molecule has 0 bridgehead atoms. The Kier molecular flexibility index (Phi) is 5.03. The van der Waals surface area contributed by atoms with Gasteiger partial charge in [-0.2, -0.15) is 0 Å². The van der Waals surface area contributed by atoms with Crippen LogP contribution in [-0.4, -0.2) is 16.0 Å². The average molecular weight is 332 g/mol. The zero-order valence-electron chi connectivity index (χ0n) is 14.5. The molecule has 25 heavy (non-hydrogen) atoms. The molecule has 0 amide bonds. The topological polar surface area (TPSA) is 40.5 Å². The minimum absolute atomic E-state index is 0.226. The lowest BCUT2D eigenvalue weighted by molar-refractivity contribution is -0.205. The maximum Gasteiger partial charge on any atom is 0.176 e. The maximum absolute atomic E-state index is 11.2. The second kappa shape index (κ2) is 7.22. The van der Waals surface area contributed by atoms with Crippen LogP contribution in [0.25, 0.3) is 0 Å². The van der Waals surface area contributed by atoms with E-state index in [2.05, 4.69) is 0 Å². The molecule has 0 saturated heterocycles. The molecule has 2 N–H and O–H groups in total. The lowest BCUT2D eigenvalue weighted by Crippen LogP contribution is -2.53. The normalized spacial score (nSPS) is 12.1. The summed E-state index contributed by atoms with van der Waals surface area (Å²) in [4.78, 5) is 0. The number of aliphatic hydroxyl groups is 2. The van der Waals surface area contributed by atoms with E-state index in [0.717, 1.165) is 16.7 Å². The summed E-state index contributed by atoms with van der Waals surface area (Å²) in [7, 11) is 0. The zero-order chi connectivity index (χ0) is 17.8. The third-order valence-electron chi connectivity index (χ3n) is 5.02. The van der Waals surface area contributed by atoms with Crippen LogP contribution in [0.15, 0.2) is 91.0 Å². The van der Waals surface area contributed by atoms with Gasteiger partial charge in [0, 0.05) is 0 Å². The molecule has 2 heteroatoms. The molecule has 3 aromatic rings. The van der Waals surface area contributed by atoms with E-state index in [1.807, 2.05) is 97.9 Å². The van der Waals surface area contributed by atoms with Crippen molar-refractivity contribution in [3.63, 3.8) is 0 Å². The predicted octanol–water partition coefficient (Wildman–Crippen LogP) is 4.31. The molecular weight excluding hydrogens is 308 g/mol. The van der Waals surface area contributed by atoms with Gasteiger partial charge >= 0.3 is 0 Å². The Hall–Kier alpha value is -2.42. The van der Waals surface area contributed by atoms with Crippen molar-refractivity contribution in [1.82, 2.24) is 0 Å². The summed E-state index contributed by atoms with van der Waals surface area (Å²) in [6, 6.07) is 29.6. The van der Waals surface area contributed by atoms with Gasteiger partial charge in [0.2, 0.25) is 0 Å². The second-order valence-electron chi connectivity index (χ2n) is 6.47. The molecule has 128 valence electrons. The number of hydrogen-bond donors (Lipinski definition) is 2. The van der Waals surface area contributed by atoms with Gasteiger partial charge in [-0.25, -0.2) is 0 Å². The molecule has 3 rings (SSSR count). The van der Waals surface area contributed by atoms with Crippen LogP contribution in [-0.2, 0) is 11.8 Å². The summed E-state index contributed by atoms with van der Waals surface area (Å²) in [5.74, 6) is -1.88. The van der Waals surface area contributed by atoms with Crippen molar-refractivity contribution in [2.75, 3.05) is 0 Å². The van der Waals surface area contributed by atoms with Gasteiger partial charge in [-0.05, 0) is 29.5 Å². The first-order valence-electron chi connectivity index (χ1n) is 8.70. The summed E-state index contributed by atoms with van der Waals surface area (Å²) in [6.45, 7) is 1.81. The van der Waals surface area contributed by atoms with E-state index in [-0.39, 0.29) is 6.42 Å². The Morgan fingerprint density at radius 3 is 1.44 bits per heavy atom. The molecule has 0 aliphatic carbocycles. The fraction of sp³-hybridized carbons (Fsp3) is 0.217. The molecule has 0 radical (unpaired) electrons. The average Bonchev–Trinajstić information content (AvgIpc) is 2.68. The van der Waals surface area contributed by atoms with Gasteiger partial charge < -0.3 is 10.2 Å². The van der Waals surface area contributed by atoms with Crippen LogP contribution in [0, 0.1) is 0 Å². The van der Waals surface area contributed by atoms with Gasteiger partial charge in [0.05, 0.1) is 5.41 Å². The van der Waals surface area contributed by atoms with Gasteiger partial charge in [-0.15, -0.1) is 0 Å². The Morgan fingerprint density at radius 1 is 0.640 bits per heavy atom. The Labute approximate surface area is 149 Å². The molecule has 0 spiro atoms. The molecule has 0 saturated carbocycles. The first-order valence-corrected chi connectivity index (χ1v) is 8.70. The van der Waals surface area contributed by atoms with Gasteiger partial charge in [0.25, 0.3) is 0 Å². The van der Waals surface area contributed by atoms with Crippen molar-refractivity contribution in [3.8, 4) is 0 Å². The summed E-state index contributed by atoms with van der Waals surface area (Å²) in [6.07, 6.45) is 0.729. The third-order valence-corrected chi connectivity index (χ3v) is 5.02. The van der Waals surface area contributed by atoms with E-state index in [4.69, 9.17) is 0 Å². The fourth-order valence-electron chi connectivity index (χ4n) is 3.62. The summed E-state index contributed by atoms with van der Waals surface area (Å²) in [5.41, 5.74) is 1.91. The molecule has 0 unspecified atom stereocenters. The molecule has 0 atom stereocenters. The summed E-state index contributed by atoms with van der Waals surface area (Å²) in [5, 5.41) is 22.3. The van der Waals surface area contributed by atoms with Gasteiger partial charge in [0.1, 0.15) is 0 Å². The van der Waals surface area contributed by atoms with Gasteiger partial charge in [0.15, 0.2) is 5.79 Å². The first-order chi connectivity index (χ1) is 12.1. The van der Waals surface area contributed by atoms with Crippen LogP contribution >= 0.6 is 0 Å². The van der Waals surface area contributed by atoms with E-state index < -0.39 is 11.2 Å². The van der Waals surface area contributed by atoms with E-state index in [9.17, 15) is 10.2 Å². The highest BCUT2D eigenvalue weighted by Crippen LogP contribution is 2.45. The van der Waals surface area contributed by atoms with E-state index in [0.29, 0.717) is 6.42 Å². The quantitative estimate of drug-likeness (QED) is 0.661. The minimum atomic E-state index is -1.88. The van der Waals surface area contributed by atoms with Crippen molar-refractivity contribution in [2.24, 2.45) is 0 Å². The van der Waals surface area contributed by atoms with Crippen molar-refractivity contribution >= 4 is 0 Å². The van der Waals surface area contributed by atoms with Gasteiger partial charge in [-0.3, -0.25) is 0 Å². The van der Waals surface area contributed by atoms with Gasteiger partial charge in [-0.1, -0.05) is 97.9 Å². The number of benzene rings is 3. The molecule has 0 aliphatic rings. The SMILES string of the molecule is CCC(O)(O)C(Cc1ccccc1)(c1ccccc1)c1ccccc1. The third kappa shape index (κ3) is 3.23. The van der Waals surface area contributed by atoms with Crippen LogP contribution in [0.4, 0.5) is 0 Å². The van der Waals surface area contributed by atoms with Crippen LogP contribution < -0.4 is 0 Å². The van der Waals surface area contributed by atoms with Crippen LogP contribution in [0.2, 0.25) is 0 Å². The van der Waals surface area contributed by atoms with Crippen LogP contribution in [0.1, 0.15) is 30.0 Å². The Balaban J connectivity index is 2.28. The van der Waals surface area contributed by atoms with Crippen molar-refractivity contribution in [3.05, 3.63) is 108 Å². The monoisotopic (exact) mass is 332 g/mol. The van der Waals surface area contributed by atoms with E-state index in [1.54, 1.807) is 0 Å². The smallest absolute Gasteiger partial charge is 0.176 e. The standard InChI is InChI=1S/C23H24O2/c1-2-23(24,25)22(20-14-8-4-9-15-20,21-16-10-5-11-17-21)18-19-12-6-3-7-13-19/h3-17,24-25H,2,18H2,1H3. The van der Waals surface area contributed by atoms with Crippen LogP contribution in [0.3, 0.4) is 0 Å². The molecular formula is C23H24O2. The molecule has 0 fully saturated rings. The molecule has 0 heterocycles. The maximum atomic E-state index is 11.2. The highest BCUT2D eigenvalue weighted by Gasteiger charge is 2.50. The highest BCUT2D eigenvalue weighted by molar-refractivity contribution is 5.44. The highest BCUT2D eigenvalue weighted by atomic mass is 16.5. The van der Waals surface area contributed by atoms with Crippen molar-refractivity contribution < 1.29 is 10.2 Å². The summed E-state index contributed by atoms with van der Waals surface area (Å²) < 4.78 is 0. The predicted molar refractivity (Wildman–Crippen MR) is 101 cm³/mol. The molecule has 2 nitrogen and oxygen atoms in total. The minimum Gasteiger partial charge on any atom is -0.365 e. The fourth-order valence-corrected chi connectivity index (χ4v) is 3.62. The van der Waals surface area contributed by atoms with E-state index in [1.165, 1.54) is 0 Å². The second-order valence-corrected chi connectivity index (χ2v) is 6.47. The number of rotatable bonds is 6. The zero-order valence-corrected chi connectivity index (χ0v) is 14.5. The Bertz CT molecular complexity index is 741. The first kappa shape index (κ1) is 17.4. The molecule has 3 aromatic carbocycles. The van der Waals surface area contributed by atoms with Crippen molar-refractivity contribution in [1.29, 1.82) is 0 Å². The van der Waals surface area contributed by atoms with Crippen molar-refractivity contribution in [2.45, 2.75) is 31.0 Å².